The number of hydrogen-bond donors (Lipinski definition) is 2. The van der Waals surface area contributed by atoms with Crippen molar-refractivity contribution in [1.82, 2.24) is 9.97 Å². The third-order valence-corrected chi connectivity index (χ3v) is 2.37. The number of rotatable bonds is 3. The second kappa shape index (κ2) is 5.33. The fourth-order valence-electron chi connectivity index (χ4n) is 1.56. The molecule has 8 heteroatoms. The normalized spacial score (nSPS) is 11.2. The van der Waals surface area contributed by atoms with Gasteiger partial charge in [-0.05, 0) is 19.1 Å². The largest absolute Gasteiger partial charge is 0.438 e. The summed E-state index contributed by atoms with van der Waals surface area (Å²) in [6.07, 6.45) is -4.51. The minimum atomic E-state index is -4.51. The molecule has 0 unspecified atom stereocenters. The molecule has 3 N–H and O–H groups in total. The minimum absolute atomic E-state index is 0.0258. The summed E-state index contributed by atoms with van der Waals surface area (Å²) in [6, 6.07) is 6.30. The summed E-state index contributed by atoms with van der Waals surface area (Å²) in [7, 11) is 0. The van der Waals surface area contributed by atoms with E-state index in [0.717, 1.165) is 6.07 Å². The van der Waals surface area contributed by atoms with Crippen LogP contribution in [0.15, 0.2) is 30.3 Å². The van der Waals surface area contributed by atoms with Crippen LogP contribution in [0.4, 0.5) is 19.1 Å². The van der Waals surface area contributed by atoms with Gasteiger partial charge in [0, 0.05) is 11.8 Å². The highest BCUT2D eigenvalue weighted by molar-refractivity contribution is 5.39. The molecule has 0 radical (unpaired) electrons. The smallest absolute Gasteiger partial charge is 0.419 e. The van der Waals surface area contributed by atoms with Crippen LogP contribution in [0.5, 0.6) is 11.6 Å². The van der Waals surface area contributed by atoms with Crippen molar-refractivity contribution in [2.75, 3.05) is 5.43 Å². The zero-order valence-electron chi connectivity index (χ0n) is 10.4. The van der Waals surface area contributed by atoms with E-state index in [2.05, 4.69) is 15.4 Å². The summed E-state index contributed by atoms with van der Waals surface area (Å²) in [5, 5.41) is 0. The molecule has 0 spiro atoms. The molecule has 0 aliphatic rings. The molecule has 0 bridgehead atoms. The van der Waals surface area contributed by atoms with Crippen LogP contribution >= 0.6 is 0 Å². The van der Waals surface area contributed by atoms with Gasteiger partial charge >= 0.3 is 6.18 Å². The first-order chi connectivity index (χ1) is 9.40. The first-order valence-corrected chi connectivity index (χ1v) is 5.56. The standard InChI is InChI=1S/C12H11F3N4O/c1-7-6-10(18-11(17-7)19-16)20-9-5-3-2-4-8(9)12(13,14)15/h2-6H,16H2,1H3,(H,17,18,19). The lowest BCUT2D eigenvalue weighted by Gasteiger charge is -2.13. The second-order valence-electron chi connectivity index (χ2n) is 3.91. The van der Waals surface area contributed by atoms with Gasteiger partial charge in [0.05, 0.1) is 5.56 Å². The van der Waals surface area contributed by atoms with Crippen molar-refractivity contribution >= 4 is 5.95 Å². The van der Waals surface area contributed by atoms with Gasteiger partial charge in [-0.15, -0.1) is 0 Å². The number of anilines is 1. The Labute approximate surface area is 112 Å². The van der Waals surface area contributed by atoms with Crippen LogP contribution < -0.4 is 16.0 Å². The second-order valence-corrected chi connectivity index (χ2v) is 3.91. The Morgan fingerprint density at radius 3 is 2.55 bits per heavy atom. The Morgan fingerprint density at radius 1 is 1.20 bits per heavy atom. The van der Waals surface area contributed by atoms with E-state index in [-0.39, 0.29) is 17.6 Å². The monoisotopic (exact) mass is 284 g/mol. The van der Waals surface area contributed by atoms with Crippen molar-refractivity contribution in [3.05, 3.63) is 41.6 Å². The fourth-order valence-corrected chi connectivity index (χ4v) is 1.56. The Kier molecular flexibility index (Phi) is 3.75. The van der Waals surface area contributed by atoms with Gasteiger partial charge in [0.15, 0.2) is 0 Å². The number of nitrogen functional groups attached to an aromatic ring is 1. The molecule has 0 saturated carbocycles. The summed E-state index contributed by atoms with van der Waals surface area (Å²) in [5.41, 5.74) is 1.84. The summed E-state index contributed by atoms with van der Waals surface area (Å²) in [5.74, 6) is 4.87. The molecule has 106 valence electrons. The van der Waals surface area contributed by atoms with Gasteiger partial charge in [-0.3, -0.25) is 5.43 Å². The molecular weight excluding hydrogens is 273 g/mol. The van der Waals surface area contributed by atoms with Gasteiger partial charge in [-0.25, -0.2) is 10.8 Å². The molecule has 1 aromatic heterocycles. The van der Waals surface area contributed by atoms with Gasteiger partial charge in [-0.1, -0.05) is 12.1 Å². The quantitative estimate of drug-likeness (QED) is 0.669. The lowest BCUT2D eigenvalue weighted by molar-refractivity contribution is -0.138. The predicted octanol–water partition coefficient (Wildman–Crippen LogP) is 2.88. The molecule has 1 aromatic carbocycles. The number of nitrogens with zero attached hydrogens (tertiary/aromatic N) is 2. The molecule has 20 heavy (non-hydrogen) atoms. The molecule has 0 aliphatic heterocycles. The number of para-hydroxylation sites is 1. The van der Waals surface area contributed by atoms with Crippen molar-refractivity contribution in [3.8, 4) is 11.6 Å². The number of hydrazine groups is 1. The van der Waals surface area contributed by atoms with Gasteiger partial charge < -0.3 is 4.74 Å². The lowest BCUT2D eigenvalue weighted by atomic mass is 10.2. The SMILES string of the molecule is Cc1cc(Oc2ccccc2C(F)(F)F)nc(NN)n1. The number of aryl methyl sites for hydroxylation is 1. The van der Waals surface area contributed by atoms with Gasteiger partial charge in [0.1, 0.15) is 5.75 Å². The molecular formula is C12H11F3N4O. The average molecular weight is 284 g/mol. The van der Waals surface area contributed by atoms with Crippen molar-refractivity contribution in [3.63, 3.8) is 0 Å². The van der Waals surface area contributed by atoms with Crippen LogP contribution in [0, 0.1) is 6.92 Å². The van der Waals surface area contributed by atoms with E-state index in [4.69, 9.17) is 10.6 Å². The average Bonchev–Trinajstić information content (AvgIpc) is 2.37. The Balaban J connectivity index is 2.38. The van der Waals surface area contributed by atoms with Crippen LogP contribution in [-0.2, 0) is 6.18 Å². The highest BCUT2D eigenvalue weighted by atomic mass is 19.4. The summed E-state index contributed by atoms with van der Waals surface area (Å²) < 4.78 is 43.7. The zero-order valence-corrected chi connectivity index (χ0v) is 10.4. The van der Waals surface area contributed by atoms with Crippen LogP contribution in [-0.4, -0.2) is 9.97 Å². The first kappa shape index (κ1) is 14.1. The Bertz CT molecular complexity index is 616. The van der Waals surface area contributed by atoms with E-state index in [1.165, 1.54) is 24.3 Å². The Hall–Kier alpha value is -2.35. The van der Waals surface area contributed by atoms with Crippen molar-refractivity contribution < 1.29 is 17.9 Å². The topological polar surface area (TPSA) is 73.1 Å². The highest BCUT2D eigenvalue weighted by Crippen LogP contribution is 2.37. The highest BCUT2D eigenvalue weighted by Gasteiger charge is 2.34. The molecule has 0 saturated heterocycles. The molecule has 2 aromatic rings. The van der Waals surface area contributed by atoms with E-state index in [1.54, 1.807) is 6.92 Å². The van der Waals surface area contributed by atoms with Crippen LogP contribution in [0.25, 0.3) is 0 Å². The number of halogens is 3. The van der Waals surface area contributed by atoms with Crippen LogP contribution in [0.3, 0.4) is 0 Å². The number of nitrogens with one attached hydrogen (secondary N) is 1. The number of alkyl halides is 3. The summed E-state index contributed by atoms with van der Waals surface area (Å²) in [6.45, 7) is 1.64. The number of aromatic nitrogens is 2. The number of benzene rings is 1. The van der Waals surface area contributed by atoms with E-state index >= 15 is 0 Å². The summed E-state index contributed by atoms with van der Waals surface area (Å²) >= 11 is 0. The van der Waals surface area contributed by atoms with Crippen molar-refractivity contribution in [2.24, 2.45) is 5.84 Å². The predicted molar refractivity (Wildman–Crippen MR) is 66.1 cm³/mol. The molecule has 0 atom stereocenters. The van der Waals surface area contributed by atoms with E-state index in [0.29, 0.717) is 5.69 Å². The van der Waals surface area contributed by atoms with Gasteiger partial charge in [0.25, 0.3) is 0 Å². The third kappa shape index (κ3) is 3.15. The molecule has 2 rings (SSSR count). The number of nitrogens with two attached hydrogens (primary N) is 1. The fraction of sp³-hybridized carbons (Fsp3) is 0.167. The first-order valence-electron chi connectivity index (χ1n) is 5.56. The molecule has 5 nitrogen and oxygen atoms in total. The third-order valence-electron chi connectivity index (χ3n) is 2.37. The van der Waals surface area contributed by atoms with E-state index in [9.17, 15) is 13.2 Å². The molecule has 0 aliphatic carbocycles. The molecule has 0 amide bonds. The maximum atomic E-state index is 12.8. The van der Waals surface area contributed by atoms with Crippen LogP contribution in [0.2, 0.25) is 0 Å². The Morgan fingerprint density at radius 2 is 1.90 bits per heavy atom. The van der Waals surface area contributed by atoms with Crippen molar-refractivity contribution in [1.29, 1.82) is 0 Å². The van der Waals surface area contributed by atoms with Crippen LogP contribution in [0.1, 0.15) is 11.3 Å². The van der Waals surface area contributed by atoms with Crippen molar-refractivity contribution in [2.45, 2.75) is 13.1 Å². The van der Waals surface area contributed by atoms with E-state index in [1.807, 2.05) is 0 Å². The zero-order chi connectivity index (χ0) is 14.8. The number of ether oxygens (including phenoxy) is 1. The van der Waals surface area contributed by atoms with Gasteiger partial charge in [0.2, 0.25) is 11.8 Å². The molecule has 0 fully saturated rings. The number of hydrogen-bond acceptors (Lipinski definition) is 5. The van der Waals surface area contributed by atoms with Gasteiger partial charge in [-0.2, -0.15) is 18.2 Å². The maximum Gasteiger partial charge on any atom is 0.419 e. The minimum Gasteiger partial charge on any atom is -0.438 e. The molecule has 1 heterocycles. The summed E-state index contributed by atoms with van der Waals surface area (Å²) in [4.78, 5) is 7.75. The maximum absolute atomic E-state index is 12.8. The lowest BCUT2D eigenvalue weighted by Crippen LogP contribution is -2.12. The van der Waals surface area contributed by atoms with E-state index < -0.39 is 11.7 Å².